The van der Waals surface area contributed by atoms with Gasteiger partial charge in [0.2, 0.25) is 0 Å². The third-order valence-corrected chi connectivity index (χ3v) is 3.37. The van der Waals surface area contributed by atoms with E-state index in [1.165, 1.54) is 12.1 Å². The van der Waals surface area contributed by atoms with Crippen LogP contribution in [0, 0.1) is 13.7 Å². The second-order valence-electron chi connectivity index (χ2n) is 3.88. The van der Waals surface area contributed by atoms with Crippen LogP contribution in [0.1, 0.15) is 0 Å². The number of nitro groups is 1. The molecule has 0 aliphatic rings. The molecule has 5 nitrogen and oxygen atoms in total. The molecule has 2 aromatic carbocycles. The number of halogens is 1. The zero-order chi connectivity index (χ0) is 14.4. The number of nitro benzene ring substituents is 1. The molecule has 0 spiro atoms. The Morgan fingerprint density at radius 3 is 2.55 bits per heavy atom. The van der Waals surface area contributed by atoms with E-state index in [0.29, 0.717) is 19.0 Å². The summed E-state index contributed by atoms with van der Waals surface area (Å²) in [5.74, 6) is 1.27. The quantitative estimate of drug-likeness (QED) is 0.330. The average molecular weight is 385 g/mol. The minimum atomic E-state index is -0.449. The molecule has 0 saturated heterocycles. The number of hydrogen-bond acceptors (Lipinski definition) is 4. The predicted molar refractivity (Wildman–Crippen MR) is 83.2 cm³/mol. The van der Waals surface area contributed by atoms with Gasteiger partial charge in [-0.05, 0) is 40.8 Å². The van der Waals surface area contributed by atoms with E-state index in [2.05, 4.69) is 22.6 Å². The van der Waals surface area contributed by atoms with E-state index in [4.69, 9.17) is 9.47 Å². The number of para-hydroxylation sites is 1. The van der Waals surface area contributed by atoms with Gasteiger partial charge in [0, 0.05) is 6.07 Å². The summed E-state index contributed by atoms with van der Waals surface area (Å²) in [7, 11) is 0. The molecule has 2 rings (SSSR count). The summed E-state index contributed by atoms with van der Waals surface area (Å²) >= 11 is 2.19. The zero-order valence-corrected chi connectivity index (χ0v) is 12.6. The first-order valence-electron chi connectivity index (χ1n) is 5.91. The van der Waals surface area contributed by atoms with Crippen LogP contribution >= 0.6 is 22.6 Å². The van der Waals surface area contributed by atoms with E-state index in [1.807, 2.05) is 24.3 Å². The topological polar surface area (TPSA) is 61.6 Å². The maximum atomic E-state index is 10.6. The van der Waals surface area contributed by atoms with Crippen LogP contribution in [0.25, 0.3) is 0 Å². The molecule has 0 unspecified atom stereocenters. The minimum absolute atomic E-state index is 0.0148. The normalized spacial score (nSPS) is 10.1. The maximum Gasteiger partial charge on any atom is 0.273 e. The van der Waals surface area contributed by atoms with E-state index in [1.54, 1.807) is 12.1 Å². The molecule has 0 amide bonds. The lowest BCUT2D eigenvalue weighted by molar-refractivity contribution is -0.384. The number of hydrogen-bond donors (Lipinski definition) is 0. The van der Waals surface area contributed by atoms with Crippen molar-refractivity contribution in [1.29, 1.82) is 0 Å². The smallest absolute Gasteiger partial charge is 0.273 e. The first kappa shape index (κ1) is 14.6. The number of non-ortho nitro benzene ring substituents is 1. The van der Waals surface area contributed by atoms with E-state index in [9.17, 15) is 10.1 Å². The lowest BCUT2D eigenvalue weighted by atomic mass is 10.3. The number of ether oxygens (including phenoxy) is 2. The second-order valence-corrected chi connectivity index (χ2v) is 5.04. The Morgan fingerprint density at radius 1 is 1.05 bits per heavy atom. The van der Waals surface area contributed by atoms with Gasteiger partial charge in [-0.1, -0.05) is 18.2 Å². The van der Waals surface area contributed by atoms with Crippen molar-refractivity contribution in [1.82, 2.24) is 0 Å². The van der Waals surface area contributed by atoms with E-state index in [0.717, 1.165) is 9.32 Å². The predicted octanol–water partition coefficient (Wildman–Crippen LogP) is 3.66. The van der Waals surface area contributed by atoms with Gasteiger partial charge in [-0.2, -0.15) is 0 Å². The molecule has 0 bridgehead atoms. The van der Waals surface area contributed by atoms with Gasteiger partial charge in [-0.25, -0.2) is 0 Å². The fourth-order valence-corrected chi connectivity index (χ4v) is 2.10. The first-order valence-corrected chi connectivity index (χ1v) is 6.99. The maximum absolute atomic E-state index is 10.6. The van der Waals surface area contributed by atoms with Crippen molar-refractivity contribution < 1.29 is 14.4 Å². The summed E-state index contributed by atoms with van der Waals surface area (Å²) in [5, 5.41) is 10.6. The highest BCUT2D eigenvalue weighted by molar-refractivity contribution is 14.1. The molecular formula is C14H12INO4. The Bertz CT molecular complexity index is 603. The van der Waals surface area contributed by atoms with Crippen LogP contribution in [0.5, 0.6) is 11.5 Å². The van der Waals surface area contributed by atoms with Gasteiger partial charge >= 0.3 is 0 Å². The number of nitrogens with zero attached hydrogens (tertiary/aromatic N) is 1. The minimum Gasteiger partial charge on any atom is -0.490 e. The van der Waals surface area contributed by atoms with E-state index in [-0.39, 0.29) is 5.69 Å². The summed E-state index contributed by atoms with van der Waals surface area (Å²) in [4.78, 5) is 10.2. The van der Waals surface area contributed by atoms with Crippen molar-refractivity contribution in [3.63, 3.8) is 0 Å². The van der Waals surface area contributed by atoms with Gasteiger partial charge in [-0.3, -0.25) is 10.1 Å². The molecule has 0 N–H and O–H groups in total. The average Bonchev–Trinajstić information content (AvgIpc) is 2.45. The molecule has 20 heavy (non-hydrogen) atoms. The van der Waals surface area contributed by atoms with E-state index >= 15 is 0 Å². The molecule has 0 radical (unpaired) electrons. The molecule has 6 heteroatoms. The molecule has 0 fully saturated rings. The van der Waals surface area contributed by atoms with Crippen LogP contribution in [0.4, 0.5) is 5.69 Å². The van der Waals surface area contributed by atoms with Gasteiger partial charge in [0.15, 0.2) is 0 Å². The van der Waals surface area contributed by atoms with Crippen molar-refractivity contribution in [2.45, 2.75) is 0 Å². The van der Waals surface area contributed by atoms with Gasteiger partial charge in [0.25, 0.3) is 5.69 Å². The molecule has 0 saturated carbocycles. The summed E-state index contributed by atoms with van der Waals surface area (Å²) in [6.07, 6.45) is 0. The van der Waals surface area contributed by atoms with Crippen LogP contribution in [0.15, 0.2) is 48.5 Å². The largest absolute Gasteiger partial charge is 0.490 e. The van der Waals surface area contributed by atoms with Gasteiger partial charge < -0.3 is 9.47 Å². The highest BCUT2D eigenvalue weighted by Crippen LogP contribution is 2.20. The Kier molecular flexibility index (Phi) is 5.16. The lowest BCUT2D eigenvalue weighted by Crippen LogP contribution is -2.09. The van der Waals surface area contributed by atoms with Crippen LogP contribution < -0.4 is 9.47 Å². The molecule has 0 aliphatic carbocycles. The molecule has 0 aliphatic heterocycles. The number of rotatable bonds is 6. The van der Waals surface area contributed by atoms with Crippen molar-refractivity contribution in [3.8, 4) is 11.5 Å². The Balaban J connectivity index is 1.83. The fraction of sp³-hybridized carbons (Fsp3) is 0.143. The van der Waals surface area contributed by atoms with Crippen molar-refractivity contribution in [2.75, 3.05) is 13.2 Å². The third-order valence-electron chi connectivity index (χ3n) is 2.47. The van der Waals surface area contributed by atoms with Crippen molar-refractivity contribution in [2.24, 2.45) is 0 Å². The van der Waals surface area contributed by atoms with Crippen LogP contribution in [0.2, 0.25) is 0 Å². The SMILES string of the molecule is O=[N+]([O-])c1cccc(OCCOc2ccccc2I)c1. The fourth-order valence-electron chi connectivity index (χ4n) is 1.56. The van der Waals surface area contributed by atoms with E-state index < -0.39 is 4.92 Å². The van der Waals surface area contributed by atoms with Crippen LogP contribution in [0.3, 0.4) is 0 Å². The third kappa shape index (κ3) is 4.09. The van der Waals surface area contributed by atoms with Crippen LogP contribution in [-0.4, -0.2) is 18.1 Å². The van der Waals surface area contributed by atoms with Gasteiger partial charge in [-0.15, -0.1) is 0 Å². The van der Waals surface area contributed by atoms with Gasteiger partial charge in [0.1, 0.15) is 24.7 Å². The van der Waals surface area contributed by atoms with Crippen LogP contribution in [-0.2, 0) is 0 Å². The van der Waals surface area contributed by atoms with Gasteiger partial charge in [0.05, 0.1) is 14.6 Å². The molecule has 0 aromatic heterocycles. The zero-order valence-electron chi connectivity index (χ0n) is 10.5. The number of benzene rings is 2. The molecular weight excluding hydrogens is 373 g/mol. The Morgan fingerprint density at radius 2 is 1.80 bits per heavy atom. The van der Waals surface area contributed by atoms with Crippen molar-refractivity contribution in [3.05, 3.63) is 62.2 Å². The Labute approximate surface area is 129 Å². The summed E-state index contributed by atoms with van der Waals surface area (Å²) in [6, 6.07) is 13.8. The summed E-state index contributed by atoms with van der Waals surface area (Å²) < 4.78 is 12.0. The standard InChI is InChI=1S/C14H12INO4/c15-13-6-1-2-7-14(13)20-9-8-19-12-5-3-4-11(10-12)16(17)18/h1-7,10H,8-9H2. The summed E-state index contributed by atoms with van der Waals surface area (Å²) in [5.41, 5.74) is 0.0148. The monoisotopic (exact) mass is 385 g/mol. The first-order chi connectivity index (χ1) is 9.66. The molecule has 2 aromatic rings. The lowest BCUT2D eigenvalue weighted by Gasteiger charge is -2.09. The summed E-state index contributed by atoms with van der Waals surface area (Å²) in [6.45, 7) is 0.703. The molecule has 0 atom stereocenters. The molecule has 0 heterocycles. The molecule has 104 valence electrons. The Hall–Kier alpha value is -1.83. The highest BCUT2D eigenvalue weighted by atomic mass is 127. The van der Waals surface area contributed by atoms with Crippen molar-refractivity contribution >= 4 is 28.3 Å². The highest BCUT2D eigenvalue weighted by Gasteiger charge is 2.06. The second kappa shape index (κ2) is 7.09.